The fraction of sp³-hybridized carbons (Fsp3) is 0.565. The number of amides is 1. The number of hydrogen-bond donors (Lipinski definition) is 0. The number of piperidine rings is 1. The molecule has 1 aromatic carbocycles. The number of carbonyl (C=O) groups is 1. The van der Waals surface area contributed by atoms with Gasteiger partial charge < -0.3 is 14.2 Å². The van der Waals surface area contributed by atoms with Crippen LogP contribution in [0.2, 0.25) is 0 Å². The number of imidazole rings is 1. The zero-order valence-electron chi connectivity index (χ0n) is 17.5. The molecule has 0 aliphatic carbocycles. The standard InChI is InChI=1S/C23H31N3O2S/c1-17-18(2)26(16-20-12-9-15-28-20)23(24-17)29-21(19-10-5-3-6-11-19)22(27)25-13-7-4-8-14-25/h3,5-6,10-11,20-21H,4,7-9,12-16H2,1-2H3/t20-,21-/m1/s1. The zero-order valence-corrected chi connectivity index (χ0v) is 18.3. The molecule has 0 bridgehead atoms. The van der Waals surface area contributed by atoms with Crippen LogP contribution in [0.4, 0.5) is 0 Å². The molecule has 2 fully saturated rings. The van der Waals surface area contributed by atoms with Crippen LogP contribution < -0.4 is 0 Å². The van der Waals surface area contributed by atoms with Gasteiger partial charge in [0, 0.05) is 25.4 Å². The van der Waals surface area contributed by atoms with Crippen molar-refractivity contribution in [3.05, 3.63) is 47.3 Å². The second-order valence-electron chi connectivity index (χ2n) is 8.11. The number of carbonyl (C=O) groups excluding carboxylic acids is 1. The minimum atomic E-state index is -0.265. The van der Waals surface area contributed by atoms with Gasteiger partial charge in [-0.2, -0.15) is 0 Å². The zero-order chi connectivity index (χ0) is 20.2. The fourth-order valence-electron chi connectivity index (χ4n) is 4.19. The Morgan fingerprint density at radius 3 is 2.62 bits per heavy atom. The number of thioether (sulfide) groups is 1. The van der Waals surface area contributed by atoms with Crippen molar-refractivity contribution in [2.24, 2.45) is 0 Å². The van der Waals surface area contributed by atoms with E-state index in [4.69, 9.17) is 9.72 Å². The molecule has 2 atom stereocenters. The summed E-state index contributed by atoms with van der Waals surface area (Å²) < 4.78 is 8.13. The third-order valence-electron chi connectivity index (χ3n) is 6.05. The van der Waals surface area contributed by atoms with Gasteiger partial charge in [-0.05, 0) is 51.5 Å². The van der Waals surface area contributed by atoms with Crippen LogP contribution in [0.15, 0.2) is 35.5 Å². The van der Waals surface area contributed by atoms with Gasteiger partial charge in [-0.25, -0.2) is 4.98 Å². The summed E-state index contributed by atoms with van der Waals surface area (Å²) in [4.78, 5) is 20.4. The maximum Gasteiger partial charge on any atom is 0.240 e. The average molecular weight is 414 g/mol. The molecule has 0 spiro atoms. The van der Waals surface area contributed by atoms with Gasteiger partial charge in [-0.15, -0.1) is 0 Å². The molecule has 2 aliphatic rings. The lowest BCUT2D eigenvalue weighted by Gasteiger charge is -2.30. The first-order valence-corrected chi connectivity index (χ1v) is 11.7. The van der Waals surface area contributed by atoms with Crippen molar-refractivity contribution < 1.29 is 9.53 Å². The summed E-state index contributed by atoms with van der Waals surface area (Å²) in [6, 6.07) is 10.2. The highest BCUT2D eigenvalue weighted by Gasteiger charge is 2.30. The van der Waals surface area contributed by atoms with E-state index in [1.165, 1.54) is 12.1 Å². The molecule has 2 aromatic rings. The average Bonchev–Trinajstić information content (AvgIpc) is 3.37. The summed E-state index contributed by atoms with van der Waals surface area (Å²) in [6.45, 7) is 7.56. The SMILES string of the molecule is Cc1nc(S[C@@H](C(=O)N2CCCCC2)c2ccccc2)n(C[C@H]2CCCO2)c1C. The maximum absolute atomic E-state index is 13.5. The number of benzene rings is 1. The monoisotopic (exact) mass is 413 g/mol. The highest BCUT2D eigenvalue weighted by molar-refractivity contribution is 8.00. The van der Waals surface area contributed by atoms with E-state index in [9.17, 15) is 4.79 Å². The first kappa shape index (κ1) is 20.5. The number of ether oxygens (including phenoxy) is 1. The fourth-order valence-corrected chi connectivity index (χ4v) is 5.48. The summed E-state index contributed by atoms with van der Waals surface area (Å²) in [7, 11) is 0. The van der Waals surface area contributed by atoms with Crippen molar-refractivity contribution in [3.63, 3.8) is 0 Å². The number of aryl methyl sites for hydroxylation is 1. The normalized spacial score (nSPS) is 20.8. The topological polar surface area (TPSA) is 47.4 Å². The number of nitrogens with zero attached hydrogens (tertiary/aromatic N) is 3. The van der Waals surface area contributed by atoms with Crippen molar-refractivity contribution in [2.45, 2.75) is 69.0 Å². The molecular weight excluding hydrogens is 382 g/mol. The van der Waals surface area contributed by atoms with Crippen LogP contribution in [-0.4, -0.2) is 46.2 Å². The van der Waals surface area contributed by atoms with E-state index in [1.807, 2.05) is 23.1 Å². The lowest BCUT2D eigenvalue weighted by molar-refractivity contribution is -0.131. The Morgan fingerprint density at radius 1 is 1.17 bits per heavy atom. The molecule has 2 saturated heterocycles. The molecule has 5 nitrogen and oxygen atoms in total. The molecule has 0 radical (unpaired) electrons. The van der Waals surface area contributed by atoms with Crippen LogP contribution in [-0.2, 0) is 16.1 Å². The highest BCUT2D eigenvalue weighted by Crippen LogP contribution is 2.38. The van der Waals surface area contributed by atoms with Crippen molar-refractivity contribution in [3.8, 4) is 0 Å². The molecule has 29 heavy (non-hydrogen) atoms. The molecule has 6 heteroatoms. The number of likely N-dealkylation sites (tertiary alicyclic amines) is 1. The van der Waals surface area contributed by atoms with Crippen LogP contribution in [0.1, 0.15) is 54.3 Å². The molecular formula is C23H31N3O2S. The third-order valence-corrected chi connectivity index (χ3v) is 7.28. The summed E-state index contributed by atoms with van der Waals surface area (Å²) >= 11 is 1.59. The van der Waals surface area contributed by atoms with Gasteiger partial charge in [0.05, 0.1) is 18.3 Å². The summed E-state index contributed by atoms with van der Waals surface area (Å²) in [5.41, 5.74) is 3.25. The largest absolute Gasteiger partial charge is 0.376 e. The predicted octanol–water partition coefficient (Wildman–Crippen LogP) is 4.52. The number of rotatable bonds is 6. The van der Waals surface area contributed by atoms with Crippen molar-refractivity contribution in [1.82, 2.24) is 14.5 Å². The van der Waals surface area contributed by atoms with Gasteiger partial charge in [0.1, 0.15) is 5.25 Å². The van der Waals surface area contributed by atoms with E-state index >= 15 is 0 Å². The number of hydrogen-bond acceptors (Lipinski definition) is 4. The first-order chi connectivity index (χ1) is 14.1. The van der Waals surface area contributed by atoms with E-state index in [2.05, 4.69) is 30.5 Å². The van der Waals surface area contributed by atoms with E-state index < -0.39 is 0 Å². The number of aromatic nitrogens is 2. The molecule has 0 N–H and O–H groups in total. The molecule has 1 amide bonds. The lowest BCUT2D eigenvalue weighted by Crippen LogP contribution is -2.38. The lowest BCUT2D eigenvalue weighted by atomic mass is 10.1. The second kappa shape index (κ2) is 9.35. The van der Waals surface area contributed by atoms with Crippen molar-refractivity contribution in [1.29, 1.82) is 0 Å². The molecule has 156 valence electrons. The van der Waals surface area contributed by atoms with E-state index in [0.29, 0.717) is 0 Å². The summed E-state index contributed by atoms with van der Waals surface area (Å²) in [5, 5.41) is 0.661. The molecule has 1 aromatic heterocycles. The Balaban J connectivity index is 1.62. The molecule has 4 rings (SSSR count). The highest BCUT2D eigenvalue weighted by atomic mass is 32.2. The van der Waals surface area contributed by atoms with Crippen LogP contribution >= 0.6 is 11.8 Å². The van der Waals surface area contributed by atoms with Gasteiger partial charge in [-0.1, -0.05) is 42.1 Å². The Morgan fingerprint density at radius 2 is 1.93 bits per heavy atom. The van der Waals surface area contributed by atoms with Gasteiger partial charge >= 0.3 is 0 Å². The van der Waals surface area contributed by atoms with E-state index in [-0.39, 0.29) is 17.3 Å². The molecule has 2 aliphatic heterocycles. The first-order valence-electron chi connectivity index (χ1n) is 10.8. The Labute approximate surface area is 177 Å². The minimum Gasteiger partial charge on any atom is -0.376 e. The van der Waals surface area contributed by atoms with Gasteiger partial charge in [0.25, 0.3) is 0 Å². The molecule has 3 heterocycles. The van der Waals surface area contributed by atoms with Crippen LogP contribution in [0.25, 0.3) is 0 Å². The van der Waals surface area contributed by atoms with Crippen molar-refractivity contribution >= 4 is 17.7 Å². The van der Waals surface area contributed by atoms with Crippen LogP contribution in [0.3, 0.4) is 0 Å². The maximum atomic E-state index is 13.5. The minimum absolute atomic E-state index is 0.211. The Bertz CT molecular complexity index is 824. The third kappa shape index (κ3) is 4.69. The summed E-state index contributed by atoms with van der Waals surface area (Å²) in [6.07, 6.45) is 5.88. The second-order valence-corrected chi connectivity index (χ2v) is 9.18. The van der Waals surface area contributed by atoms with Gasteiger partial charge in [-0.3, -0.25) is 4.79 Å². The summed E-state index contributed by atoms with van der Waals surface area (Å²) in [5.74, 6) is 0.211. The molecule has 0 saturated carbocycles. The van der Waals surface area contributed by atoms with Gasteiger partial charge in [0.2, 0.25) is 5.91 Å². The Kier molecular flexibility index (Phi) is 6.60. The predicted molar refractivity (Wildman–Crippen MR) is 116 cm³/mol. The van der Waals surface area contributed by atoms with E-state index in [0.717, 1.165) is 68.3 Å². The van der Waals surface area contributed by atoms with Crippen LogP contribution in [0.5, 0.6) is 0 Å². The Hall–Kier alpha value is -1.79. The smallest absolute Gasteiger partial charge is 0.240 e. The van der Waals surface area contributed by atoms with Crippen LogP contribution in [0, 0.1) is 13.8 Å². The van der Waals surface area contributed by atoms with Gasteiger partial charge in [0.15, 0.2) is 5.16 Å². The quantitative estimate of drug-likeness (QED) is 0.653. The molecule has 0 unspecified atom stereocenters. The van der Waals surface area contributed by atoms with Crippen molar-refractivity contribution in [2.75, 3.05) is 19.7 Å². The van der Waals surface area contributed by atoms with E-state index in [1.54, 1.807) is 11.8 Å².